The molecule has 0 spiro atoms. The van der Waals surface area contributed by atoms with Crippen LogP contribution in [0, 0.1) is 0 Å². The van der Waals surface area contributed by atoms with Crippen LogP contribution in [0.15, 0.2) is 17.8 Å². The summed E-state index contributed by atoms with van der Waals surface area (Å²) >= 11 is 1.57. The van der Waals surface area contributed by atoms with E-state index in [9.17, 15) is 5.11 Å². The van der Waals surface area contributed by atoms with Gasteiger partial charge in [0.2, 0.25) is 0 Å². The van der Waals surface area contributed by atoms with Crippen LogP contribution in [-0.2, 0) is 0 Å². The Morgan fingerprint density at radius 1 is 1.57 bits per heavy atom. The number of hydrogen-bond acceptors (Lipinski definition) is 7. The zero-order chi connectivity index (χ0) is 14.8. The molecule has 1 saturated heterocycles. The first-order valence-electron chi connectivity index (χ1n) is 6.44. The average Bonchev–Trinajstić information content (AvgIpc) is 3.10. The Labute approximate surface area is 124 Å². The smallest absolute Gasteiger partial charge is 0.166 e. The van der Waals surface area contributed by atoms with Gasteiger partial charge in [-0.3, -0.25) is 0 Å². The third-order valence-corrected chi connectivity index (χ3v) is 4.99. The Bertz CT molecular complexity index is 697. The van der Waals surface area contributed by atoms with Crippen molar-refractivity contribution in [1.29, 1.82) is 0 Å². The zero-order valence-electron chi connectivity index (χ0n) is 11.3. The Hall–Kier alpha value is -2.03. The molecule has 1 fully saturated rings. The van der Waals surface area contributed by atoms with Crippen molar-refractivity contribution in [2.45, 2.75) is 23.1 Å². The first-order chi connectivity index (χ1) is 10.3. The normalized spacial score (nSPS) is 25.0. The Kier molecular flexibility index (Phi) is 3.82. The molecule has 3 rings (SSSR count). The number of aromatic nitrogens is 4. The van der Waals surface area contributed by atoms with Gasteiger partial charge in [-0.2, -0.15) is 0 Å². The van der Waals surface area contributed by atoms with Gasteiger partial charge in [0, 0.05) is 17.2 Å². The van der Waals surface area contributed by atoms with Crippen molar-refractivity contribution in [3.8, 4) is 0 Å². The third-order valence-electron chi connectivity index (χ3n) is 3.44. The lowest BCUT2D eigenvalue weighted by molar-refractivity contribution is 0.289. The molecule has 3 heterocycles. The lowest BCUT2D eigenvalue weighted by atomic mass is 10.2. The van der Waals surface area contributed by atoms with Crippen molar-refractivity contribution in [3.63, 3.8) is 0 Å². The van der Waals surface area contributed by atoms with Crippen molar-refractivity contribution in [2.75, 3.05) is 19.0 Å². The monoisotopic (exact) mass is 306 g/mol. The van der Waals surface area contributed by atoms with Gasteiger partial charge in [0.15, 0.2) is 11.5 Å². The van der Waals surface area contributed by atoms with E-state index >= 15 is 0 Å². The topological polar surface area (TPSA) is 125 Å². The molecule has 1 aliphatic heterocycles. The maximum absolute atomic E-state index is 9.35. The van der Waals surface area contributed by atoms with Crippen LogP contribution in [-0.4, -0.2) is 49.6 Å². The molecule has 0 radical (unpaired) electrons. The molecule has 0 aromatic carbocycles. The van der Waals surface area contributed by atoms with Crippen LogP contribution < -0.4 is 5.32 Å². The minimum atomic E-state index is -0.234. The van der Waals surface area contributed by atoms with Gasteiger partial charge in [0.25, 0.3) is 0 Å². The van der Waals surface area contributed by atoms with Gasteiger partial charge in [0.05, 0.1) is 24.3 Å². The molecule has 0 aliphatic carbocycles. The molecule has 10 heteroatoms. The minimum absolute atomic E-state index is 0.0496. The highest BCUT2D eigenvalue weighted by atomic mass is 32.2. The van der Waals surface area contributed by atoms with E-state index in [-0.39, 0.29) is 23.3 Å². The fourth-order valence-corrected chi connectivity index (χ4v) is 3.91. The SMILES string of the molecule is CNc1ncnc2c1ncn2[C@@H]1S[C@H](CO)C[C@@H]1N=[N+]=[N-]. The van der Waals surface area contributed by atoms with E-state index in [0.29, 0.717) is 23.4 Å². The summed E-state index contributed by atoms with van der Waals surface area (Å²) in [5.41, 5.74) is 10.1. The van der Waals surface area contributed by atoms with Crippen LogP contribution in [0.2, 0.25) is 0 Å². The van der Waals surface area contributed by atoms with Crippen LogP contribution in [0.25, 0.3) is 21.6 Å². The summed E-state index contributed by atoms with van der Waals surface area (Å²) < 4.78 is 1.89. The number of rotatable bonds is 4. The largest absolute Gasteiger partial charge is 0.395 e. The Morgan fingerprint density at radius 3 is 3.14 bits per heavy atom. The van der Waals surface area contributed by atoms with E-state index in [1.54, 1.807) is 25.1 Å². The highest BCUT2D eigenvalue weighted by Crippen LogP contribution is 2.44. The molecule has 2 aromatic rings. The zero-order valence-corrected chi connectivity index (χ0v) is 12.1. The molecule has 0 saturated carbocycles. The van der Waals surface area contributed by atoms with Gasteiger partial charge in [0.1, 0.15) is 11.8 Å². The first kappa shape index (κ1) is 13.9. The van der Waals surface area contributed by atoms with Crippen LogP contribution in [0.5, 0.6) is 0 Å². The summed E-state index contributed by atoms with van der Waals surface area (Å²) in [7, 11) is 1.77. The van der Waals surface area contributed by atoms with E-state index in [0.717, 1.165) is 0 Å². The maximum atomic E-state index is 9.35. The summed E-state index contributed by atoms with van der Waals surface area (Å²) in [5.74, 6) is 0.654. The van der Waals surface area contributed by atoms with E-state index in [1.807, 2.05) is 4.57 Å². The third kappa shape index (κ3) is 2.37. The van der Waals surface area contributed by atoms with Crippen LogP contribution in [0.1, 0.15) is 11.8 Å². The minimum Gasteiger partial charge on any atom is -0.395 e. The number of anilines is 1. The summed E-state index contributed by atoms with van der Waals surface area (Å²) in [6, 6.07) is -0.234. The van der Waals surface area contributed by atoms with Gasteiger partial charge in [-0.15, -0.1) is 11.8 Å². The van der Waals surface area contributed by atoms with Gasteiger partial charge in [-0.05, 0) is 12.0 Å². The lowest BCUT2D eigenvalue weighted by Gasteiger charge is -2.16. The number of thioether (sulfide) groups is 1. The molecule has 0 amide bonds. The van der Waals surface area contributed by atoms with Gasteiger partial charge < -0.3 is 15.0 Å². The van der Waals surface area contributed by atoms with Crippen molar-refractivity contribution >= 4 is 28.7 Å². The first-order valence-corrected chi connectivity index (χ1v) is 7.38. The lowest BCUT2D eigenvalue weighted by Crippen LogP contribution is -2.14. The molecule has 0 unspecified atom stereocenters. The predicted octanol–water partition coefficient (Wildman–Crippen LogP) is 1.54. The highest BCUT2D eigenvalue weighted by molar-refractivity contribution is 8.00. The van der Waals surface area contributed by atoms with Gasteiger partial charge in [-0.1, -0.05) is 5.11 Å². The van der Waals surface area contributed by atoms with Crippen molar-refractivity contribution in [2.24, 2.45) is 5.11 Å². The van der Waals surface area contributed by atoms with E-state index < -0.39 is 0 Å². The molecular formula is C11H14N8OS. The number of hydrogen-bond donors (Lipinski definition) is 2. The molecule has 110 valence electrons. The fraction of sp³-hybridized carbons (Fsp3) is 0.545. The molecular weight excluding hydrogens is 292 g/mol. The number of fused-ring (bicyclic) bond motifs is 1. The average molecular weight is 306 g/mol. The Balaban J connectivity index is 2.05. The van der Waals surface area contributed by atoms with Crippen molar-refractivity contribution in [1.82, 2.24) is 19.5 Å². The second kappa shape index (κ2) is 5.76. The predicted molar refractivity (Wildman–Crippen MR) is 79.9 cm³/mol. The second-order valence-electron chi connectivity index (χ2n) is 4.64. The van der Waals surface area contributed by atoms with Crippen LogP contribution in [0.4, 0.5) is 5.82 Å². The van der Waals surface area contributed by atoms with E-state index in [2.05, 4.69) is 30.3 Å². The van der Waals surface area contributed by atoms with Gasteiger partial charge >= 0.3 is 0 Å². The Morgan fingerprint density at radius 2 is 2.43 bits per heavy atom. The maximum Gasteiger partial charge on any atom is 0.166 e. The summed E-state index contributed by atoms with van der Waals surface area (Å²) in [5, 5.41) is 16.1. The van der Waals surface area contributed by atoms with Gasteiger partial charge in [-0.25, -0.2) is 15.0 Å². The number of imidazole rings is 1. The molecule has 3 atom stereocenters. The van der Waals surface area contributed by atoms with E-state index in [1.165, 1.54) is 6.33 Å². The highest BCUT2D eigenvalue weighted by Gasteiger charge is 2.36. The molecule has 9 nitrogen and oxygen atoms in total. The second-order valence-corrected chi connectivity index (χ2v) is 6.06. The summed E-state index contributed by atoms with van der Waals surface area (Å²) in [4.78, 5) is 15.7. The number of azide groups is 1. The van der Waals surface area contributed by atoms with E-state index in [4.69, 9.17) is 5.53 Å². The number of aliphatic hydroxyl groups is 1. The number of nitrogens with zero attached hydrogens (tertiary/aromatic N) is 7. The fourth-order valence-electron chi connectivity index (χ4n) is 2.49. The van der Waals surface area contributed by atoms with Crippen LogP contribution in [0.3, 0.4) is 0 Å². The molecule has 21 heavy (non-hydrogen) atoms. The molecule has 2 N–H and O–H groups in total. The molecule has 1 aliphatic rings. The quantitative estimate of drug-likeness (QED) is 0.501. The summed E-state index contributed by atoms with van der Waals surface area (Å²) in [6.45, 7) is 0.0575. The van der Waals surface area contributed by atoms with Crippen molar-refractivity contribution in [3.05, 3.63) is 23.1 Å². The summed E-state index contributed by atoms with van der Waals surface area (Å²) in [6.07, 6.45) is 3.79. The molecule has 2 aromatic heterocycles. The number of nitrogens with one attached hydrogen (secondary N) is 1. The van der Waals surface area contributed by atoms with Crippen molar-refractivity contribution < 1.29 is 5.11 Å². The number of aliphatic hydroxyl groups excluding tert-OH is 1. The van der Waals surface area contributed by atoms with Crippen LogP contribution >= 0.6 is 11.8 Å². The standard InChI is InChI=1S/C11H14N8OS/c1-13-9-8-10(15-4-14-9)19(5-16-8)11-7(17-18-12)2-6(3-20)21-11/h4-7,11,20H,2-3H2,1H3,(H,13,14,15)/t6-,7-,11+/m0/s1. The molecule has 0 bridgehead atoms.